The molecule has 1 saturated carbocycles. The van der Waals surface area contributed by atoms with Gasteiger partial charge in [-0.2, -0.15) is 10.6 Å². The lowest BCUT2D eigenvalue weighted by Gasteiger charge is -2.47. The molecule has 10 heteroatoms. The van der Waals surface area contributed by atoms with Crippen molar-refractivity contribution < 1.29 is 23.8 Å². The van der Waals surface area contributed by atoms with Gasteiger partial charge in [-0.25, -0.2) is 0 Å². The summed E-state index contributed by atoms with van der Waals surface area (Å²) >= 11 is 12.9. The van der Waals surface area contributed by atoms with E-state index >= 15 is 0 Å². The van der Waals surface area contributed by atoms with Gasteiger partial charge in [-0.1, -0.05) is 65.7 Å². The molecule has 3 aromatic rings. The smallest absolute Gasteiger partial charge is 0.254 e. The predicted molar refractivity (Wildman–Crippen MR) is 158 cm³/mol. The third-order valence-electron chi connectivity index (χ3n) is 7.81. The first-order chi connectivity index (χ1) is 19.2. The molecule has 0 saturated heterocycles. The lowest BCUT2D eigenvalue weighted by atomic mass is 9.77. The number of aliphatic hydroxyl groups excluding tert-OH is 1. The number of benzene rings is 3. The molecule has 0 spiro atoms. The van der Waals surface area contributed by atoms with Crippen LogP contribution in [0.5, 0.6) is 0 Å². The Labute approximate surface area is 245 Å². The fourth-order valence-corrected chi connectivity index (χ4v) is 7.56. The Morgan fingerprint density at radius 3 is 2.30 bits per heavy atom. The van der Waals surface area contributed by atoms with E-state index in [4.69, 9.17) is 23.2 Å². The van der Waals surface area contributed by atoms with Gasteiger partial charge in [0, 0.05) is 28.2 Å². The first-order valence-corrected chi connectivity index (χ1v) is 15.8. The number of fused-ring (bicyclic) bond motifs is 1. The van der Waals surface area contributed by atoms with Gasteiger partial charge in [0.05, 0.1) is 28.7 Å². The zero-order valence-electron chi connectivity index (χ0n) is 21.7. The maximum atomic E-state index is 14.0. The standard InChI is InChI=1S/C30H32Cl2N2O5S/c31-19-10-15-25(26(32)18-19)28-27(29(36)33-16-17-40(38,39)22-6-2-1-3-7-22)23-8-4-5-9-24(23)30(37)34(28)20-11-13-21(35)14-12-20/h1-10,15,18,20-21,27-28,35,38-39H,11-14,16-17H2,(H,33,36)/t20?,21?,27-,28+/m1/s1. The molecule has 2 amide bonds. The normalized spacial score (nSPS) is 23.4. The molecule has 5 rings (SSSR count). The molecule has 0 aromatic heterocycles. The van der Waals surface area contributed by atoms with Crippen LogP contribution in [0.1, 0.15) is 59.1 Å². The molecule has 1 aliphatic carbocycles. The van der Waals surface area contributed by atoms with Gasteiger partial charge in [0.25, 0.3) is 5.91 Å². The van der Waals surface area contributed by atoms with E-state index in [9.17, 15) is 23.8 Å². The molecule has 2 atom stereocenters. The van der Waals surface area contributed by atoms with Gasteiger partial charge in [0.1, 0.15) is 0 Å². The summed E-state index contributed by atoms with van der Waals surface area (Å²) in [6, 6.07) is 19.8. The maximum absolute atomic E-state index is 14.0. The van der Waals surface area contributed by atoms with E-state index in [0.717, 1.165) is 0 Å². The highest BCUT2D eigenvalue weighted by atomic mass is 35.5. The zero-order valence-corrected chi connectivity index (χ0v) is 24.1. The molecular formula is C30H32Cl2N2O5S. The molecule has 3 aromatic carbocycles. The van der Waals surface area contributed by atoms with Gasteiger partial charge in [0.15, 0.2) is 0 Å². The Bertz CT molecular complexity index is 1380. The van der Waals surface area contributed by atoms with Crippen molar-refractivity contribution in [2.75, 3.05) is 12.3 Å². The molecule has 0 radical (unpaired) electrons. The van der Waals surface area contributed by atoms with Gasteiger partial charge >= 0.3 is 0 Å². The van der Waals surface area contributed by atoms with Crippen LogP contribution in [0.4, 0.5) is 0 Å². The van der Waals surface area contributed by atoms with Crippen molar-refractivity contribution in [2.45, 2.75) is 54.7 Å². The first kappa shape index (κ1) is 28.9. The highest BCUT2D eigenvalue weighted by Gasteiger charge is 2.47. The summed E-state index contributed by atoms with van der Waals surface area (Å²) in [4.78, 5) is 30.2. The average molecular weight is 604 g/mol. The van der Waals surface area contributed by atoms with Crippen LogP contribution in [-0.4, -0.2) is 55.4 Å². The minimum absolute atomic E-state index is 0.0271. The third-order valence-corrected chi connectivity index (χ3v) is 10.2. The number of halogens is 2. The topological polar surface area (TPSA) is 110 Å². The summed E-state index contributed by atoms with van der Waals surface area (Å²) in [7, 11) is -3.10. The van der Waals surface area contributed by atoms with Gasteiger partial charge in [-0.3, -0.25) is 18.7 Å². The fourth-order valence-electron chi connectivity index (χ4n) is 5.83. The summed E-state index contributed by atoms with van der Waals surface area (Å²) in [5.74, 6) is -1.39. The Balaban J connectivity index is 1.51. The lowest BCUT2D eigenvalue weighted by Crippen LogP contribution is -2.52. The number of amides is 2. The van der Waals surface area contributed by atoms with Crippen LogP contribution in [-0.2, 0) is 4.79 Å². The van der Waals surface area contributed by atoms with E-state index < -0.39 is 28.7 Å². The molecule has 1 aliphatic heterocycles. The summed E-state index contributed by atoms with van der Waals surface area (Å²) in [6.45, 7) is 0.0271. The SMILES string of the molecule is O=C(NCCS(O)(O)c1ccccc1)[C@@H]1c2ccccc2C(=O)N(C2CCC(O)CC2)[C@H]1c1ccc(Cl)cc1Cl. The highest BCUT2D eigenvalue weighted by molar-refractivity contribution is 8.24. The second kappa shape index (κ2) is 12.1. The summed E-state index contributed by atoms with van der Waals surface area (Å²) < 4.78 is 21.4. The number of carbonyl (C=O) groups excluding carboxylic acids is 2. The van der Waals surface area contributed by atoms with Crippen LogP contribution in [0.3, 0.4) is 0 Å². The molecule has 0 unspecified atom stereocenters. The van der Waals surface area contributed by atoms with Crippen LogP contribution < -0.4 is 5.32 Å². The van der Waals surface area contributed by atoms with Gasteiger partial charge in [0.2, 0.25) is 5.91 Å². The molecule has 1 fully saturated rings. The van der Waals surface area contributed by atoms with E-state index in [-0.39, 0.29) is 30.2 Å². The Morgan fingerprint density at radius 1 is 0.925 bits per heavy atom. The van der Waals surface area contributed by atoms with Gasteiger partial charge < -0.3 is 15.3 Å². The fraction of sp³-hybridized carbons (Fsp3) is 0.333. The van der Waals surface area contributed by atoms with E-state index in [1.54, 1.807) is 77.7 Å². The van der Waals surface area contributed by atoms with E-state index in [2.05, 4.69) is 5.32 Å². The van der Waals surface area contributed by atoms with Crippen LogP contribution >= 0.6 is 33.8 Å². The number of carbonyl (C=O) groups is 2. The van der Waals surface area contributed by atoms with Crippen molar-refractivity contribution in [3.05, 3.63) is 99.5 Å². The van der Waals surface area contributed by atoms with E-state index in [1.807, 2.05) is 0 Å². The molecule has 2 aliphatic rings. The number of hydrogen-bond acceptors (Lipinski definition) is 5. The molecule has 1 heterocycles. The van der Waals surface area contributed by atoms with Crippen LogP contribution in [0.15, 0.2) is 77.7 Å². The number of hydrogen-bond donors (Lipinski definition) is 4. The number of nitrogens with one attached hydrogen (secondary N) is 1. The van der Waals surface area contributed by atoms with Crippen LogP contribution in [0.25, 0.3) is 0 Å². The average Bonchev–Trinajstić information content (AvgIpc) is 2.94. The Kier molecular flexibility index (Phi) is 8.75. The first-order valence-electron chi connectivity index (χ1n) is 13.3. The summed E-state index contributed by atoms with van der Waals surface area (Å²) in [6.07, 6.45) is 1.91. The minimum atomic E-state index is -3.10. The van der Waals surface area contributed by atoms with E-state index in [0.29, 0.717) is 57.3 Å². The van der Waals surface area contributed by atoms with Crippen molar-refractivity contribution in [1.82, 2.24) is 10.2 Å². The van der Waals surface area contributed by atoms with Crippen molar-refractivity contribution in [1.29, 1.82) is 0 Å². The third kappa shape index (κ3) is 5.88. The van der Waals surface area contributed by atoms with Crippen molar-refractivity contribution in [3.8, 4) is 0 Å². The van der Waals surface area contributed by atoms with Gasteiger partial charge in [-0.05, 0) is 67.1 Å². The van der Waals surface area contributed by atoms with E-state index in [1.165, 1.54) is 0 Å². The Hall–Kier alpha value is -2.59. The summed E-state index contributed by atoms with van der Waals surface area (Å²) in [5.41, 5.74) is 1.64. The second-order valence-corrected chi connectivity index (χ2v) is 13.4. The Morgan fingerprint density at radius 2 is 1.60 bits per heavy atom. The number of rotatable bonds is 7. The number of nitrogens with zero attached hydrogens (tertiary/aromatic N) is 1. The quantitative estimate of drug-likeness (QED) is 0.246. The largest absolute Gasteiger partial charge is 0.393 e. The zero-order chi connectivity index (χ0) is 28.4. The van der Waals surface area contributed by atoms with Crippen LogP contribution in [0, 0.1) is 0 Å². The van der Waals surface area contributed by atoms with Gasteiger partial charge in [-0.15, -0.1) is 0 Å². The molecule has 0 bridgehead atoms. The maximum Gasteiger partial charge on any atom is 0.254 e. The molecule has 40 heavy (non-hydrogen) atoms. The van der Waals surface area contributed by atoms with Crippen molar-refractivity contribution in [3.63, 3.8) is 0 Å². The lowest BCUT2D eigenvalue weighted by molar-refractivity contribution is -0.124. The molecule has 4 N–H and O–H groups in total. The molecule has 212 valence electrons. The van der Waals surface area contributed by atoms with Crippen LogP contribution in [0.2, 0.25) is 10.0 Å². The highest BCUT2D eigenvalue weighted by Crippen LogP contribution is 2.49. The van der Waals surface area contributed by atoms with Crippen molar-refractivity contribution >= 4 is 45.6 Å². The number of aliphatic hydroxyl groups is 1. The predicted octanol–water partition coefficient (Wildman–Crippen LogP) is 6.50. The minimum Gasteiger partial charge on any atom is -0.393 e. The second-order valence-electron chi connectivity index (χ2n) is 10.3. The molecule has 7 nitrogen and oxygen atoms in total. The molecular weight excluding hydrogens is 571 g/mol. The summed E-state index contributed by atoms with van der Waals surface area (Å²) in [5, 5.41) is 13.8. The monoisotopic (exact) mass is 602 g/mol. The van der Waals surface area contributed by atoms with Crippen molar-refractivity contribution in [2.24, 2.45) is 0 Å².